The van der Waals surface area contributed by atoms with Gasteiger partial charge in [-0.15, -0.1) is 0 Å². The molecule has 0 unspecified atom stereocenters. The standard InChI is InChI=1S/C28H23BrN2O3/c1-17-9-11-18(12-10-17)26(32)24-25(19-5-4-6-21(29)15-19)31(28(34)27(24)33)14-13-20-16-30-23-8-3-2-7-22(20)23/h2-12,15-16,25,30,32H,13-14H2,1H3/t25-/m1/s1. The number of nitrogens with one attached hydrogen (secondary N) is 1. The number of halogens is 1. The van der Waals surface area contributed by atoms with Crippen molar-refractivity contribution in [3.63, 3.8) is 0 Å². The molecular weight excluding hydrogens is 492 g/mol. The predicted molar refractivity (Wildman–Crippen MR) is 136 cm³/mol. The van der Waals surface area contributed by atoms with Crippen LogP contribution in [0.3, 0.4) is 0 Å². The van der Waals surface area contributed by atoms with Gasteiger partial charge in [-0.2, -0.15) is 0 Å². The van der Waals surface area contributed by atoms with E-state index in [1.54, 1.807) is 17.0 Å². The number of carbonyl (C=O) groups excluding carboxylic acids is 2. The highest BCUT2D eigenvalue weighted by Gasteiger charge is 2.45. The van der Waals surface area contributed by atoms with E-state index in [4.69, 9.17) is 0 Å². The highest BCUT2D eigenvalue weighted by atomic mass is 79.9. The monoisotopic (exact) mass is 514 g/mol. The molecule has 3 aromatic carbocycles. The number of aryl methyl sites for hydroxylation is 1. The number of hydrogen-bond acceptors (Lipinski definition) is 3. The van der Waals surface area contributed by atoms with Crippen LogP contribution < -0.4 is 0 Å². The van der Waals surface area contributed by atoms with Gasteiger partial charge in [0.2, 0.25) is 0 Å². The Bertz CT molecular complexity index is 1440. The van der Waals surface area contributed by atoms with Crippen LogP contribution in [0.4, 0.5) is 0 Å². The fourth-order valence-electron chi connectivity index (χ4n) is 4.58. The van der Waals surface area contributed by atoms with Crippen molar-refractivity contribution in [3.8, 4) is 0 Å². The molecule has 1 atom stereocenters. The van der Waals surface area contributed by atoms with Crippen LogP contribution in [0.5, 0.6) is 0 Å². The summed E-state index contributed by atoms with van der Waals surface area (Å²) in [5, 5.41) is 12.3. The molecule has 1 amide bonds. The van der Waals surface area contributed by atoms with E-state index in [1.807, 2.05) is 73.8 Å². The fourth-order valence-corrected chi connectivity index (χ4v) is 5.00. The number of benzene rings is 3. The van der Waals surface area contributed by atoms with E-state index in [0.29, 0.717) is 18.5 Å². The minimum Gasteiger partial charge on any atom is -0.507 e. The van der Waals surface area contributed by atoms with Crippen molar-refractivity contribution in [2.45, 2.75) is 19.4 Å². The summed E-state index contributed by atoms with van der Waals surface area (Å²) in [5.41, 5.74) is 4.54. The average molecular weight is 515 g/mol. The predicted octanol–water partition coefficient (Wildman–Crippen LogP) is 5.90. The number of H-pyrrole nitrogens is 1. The van der Waals surface area contributed by atoms with Crippen molar-refractivity contribution in [1.82, 2.24) is 9.88 Å². The Labute approximate surface area is 205 Å². The second kappa shape index (κ2) is 8.95. The number of aromatic amines is 1. The lowest BCUT2D eigenvalue weighted by Gasteiger charge is -2.25. The molecule has 1 saturated heterocycles. The summed E-state index contributed by atoms with van der Waals surface area (Å²) in [5.74, 6) is -1.42. The second-order valence-electron chi connectivity index (χ2n) is 8.52. The summed E-state index contributed by atoms with van der Waals surface area (Å²) < 4.78 is 0.836. The molecule has 34 heavy (non-hydrogen) atoms. The molecule has 170 valence electrons. The molecular formula is C28H23BrN2O3. The van der Waals surface area contributed by atoms with E-state index in [-0.39, 0.29) is 11.3 Å². The van der Waals surface area contributed by atoms with Gasteiger partial charge >= 0.3 is 0 Å². The maximum absolute atomic E-state index is 13.2. The van der Waals surface area contributed by atoms with Crippen molar-refractivity contribution in [2.24, 2.45) is 0 Å². The first kappa shape index (κ1) is 22.2. The van der Waals surface area contributed by atoms with Gasteiger partial charge in [0.25, 0.3) is 11.7 Å². The molecule has 6 heteroatoms. The zero-order valence-corrected chi connectivity index (χ0v) is 20.2. The fraction of sp³-hybridized carbons (Fsp3) is 0.143. The van der Waals surface area contributed by atoms with Crippen LogP contribution in [0.1, 0.15) is 28.3 Å². The minimum absolute atomic E-state index is 0.117. The number of likely N-dealkylation sites (tertiary alicyclic amines) is 1. The number of para-hydroxylation sites is 1. The number of Topliss-reactive ketones (excluding diaryl/α,β-unsaturated/α-hetero) is 1. The van der Waals surface area contributed by atoms with Crippen LogP contribution in [0.15, 0.2) is 89.0 Å². The van der Waals surface area contributed by atoms with Gasteiger partial charge in [-0.1, -0.05) is 76.1 Å². The Hall–Kier alpha value is -3.64. The summed E-state index contributed by atoms with van der Waals surface area (Å²) in [6, 6.07) is 22.1. The van der Waals surface area contributed by atoms with Gasteiger partial charge in [-0.25, -0.2) is 0 Å². The first-order valence-electron chi connectivity index (χ1n) is 11.1. The number of fused-ring (bicyclic) bond motifs is 1. The molecule has 2 N–H and O–H groups in total. The quantitative estimate of drug-likeness (QED) is 0.197. The lowest BCUT2D eigenvalue weighted by molar-refractivity contribution is -0.139. The normalized spacial score (nSPS) is 17.6. The van der Waals surface area contributed by atoms with Gasteiger partial charge in [-0.3, -0.25) is 9.59 Å². The number of nitrogens with zero attached hydrogens (tertiary/aromatic N) is 1. The van der Waals surface area contributed by atoms with Crippen LogP contribution >= 0.6 is 15.9 Å². The second-order valence-corrected chi connectivity index (χ2v) is 9.44. The SMILES string of the molecule is Cc1ccc(C(O)=C2C(=O)C(=O)N(CCc3c[nH]c4ccccc34)[C@@H]2c2cccc(Br)c2)cc1. The molecule has 1 aliphatic heterocycles. The highest BCUT2D eigenvalue weighted by Crippen LogP contribution is 2.40. The van der Waals surface area contributed by atoms with Crippen molar-refractivity contribution in [2.75, 3.05) is 6.54 Å². The van der Waals surface area contributed by atoms with Crippen molar-refractivity contribution in [1.29, 1.82) is 0 Å². The molecule has 1 aliphatic rings. The van der Waals surface area contributed by atoms with Gasteiger partial charge in [0.15, 0.2) is 0 Å². The average Bonchev–Trinajstić information content (AvgIpc) is 3.36. The summed E-state index contributed by atoms with van der Waals surface area (Å²) in [6.45, 7) is 2.29. The number of ketones is 1. The Kier molecular flexibility index (Phi) is 5.84. The molecule has 1 aromatic heterocycles. The number of hydrogen-bond donors (Lipinski definition) is 2. The van der Waals surface area contributed by atoms with Gasteiger partial charge in [0.05, 0.1) is 11.6 Å². The van der Waals surface area contributed by atoms with Crippen LogP contribution in [0, 0.1) is 6.92 Å². The Morgan fingerprint density at radius 2 is 1.79 bits per heavy atom. The first-order valence-corrected chi connectivity index (χ1v) is 11.9. The summed E-state index contributed by atoms with van der Waals surface area (Å²) >= 11 is 3.50. The summed E-state index contributed by atoms with van der Waals surface area (Å²) in [4.78, 5) is 31.3. The molecule has 0 saturated carbocycles. The molecule has 1 fully saturated rings. The smallest absolute Gasteiger partial charge is 0.295 e. The van der Waals surface area contributed by atoms with E-state index in [9.17, 15) is 14.7 Å². The molecule has 5 rings (SSSR count). The highest BCUT2D eigenvalue weighted by molar-refractivity contribution is 9.10. The molecule has 0 aliphatic carbocycles. The molecule has 4 aromatic rings. The molecule has 0 radical (unpaired) electrons. The summed E-state index contributed by atoms with van der Waals surface area (Å²) in [7, 11) is 0. The number of rotatable bonds is 5. The Balaban J connectivity index is 1.57. The minimum atomic E-state index is -0.677. The van der Waals surface area contributed by atoms with E-state index in [2.05, 4.69) is 20.9 Å². The largest absolute Gasteiger partial charge is 0.507 e. The van der Waals surface area contributed by atoms with Crippen LogP contribution in [0.2, 0.25) is 0 Å². The lowest BCUT2D eigenvalue weighted by Crippen LogP contribution is -2.31. The number of aliphatic hydroxyl groups excluding tert-OH is 1. The molecule has 0 spiro atoms. The van der Waals surface area contributed by atoms with Gasteiger partial charge < -0.3 is 15.0 Å². The third kappa shape index (κ3) is 3.94. The van der Waals surface area contributed by atoms with Crippen LogP contribution in [-0.4, -0.2) is 33.2 Å². The molecule has 2 heterocycles. The van der Waals surface area contributed by atoms with Gasteiger partial charge in [0.1, 0.15) is 5.76 Å². The Morgan fingerprint density at radius 3 is 2.56 bits per heavy atom. The summed E-state index contributed by atoms with van der Waals surface area (Å²) in [6.07, 6.45) is 2.52. The topological polar surface area (TPSA) is 73.4 Å². The zero-order chi connectivity index (χ0) is 23.8. The van der Waals surface area contributed by atoms with E-state index in [1.165, 1.54) is 0 Å². The van der Waals surface area contributed by atoms with Crippen molar-refractivity contribution >= 4 is 44.3 Å². The van der Waals surface area contributed by atoms with E-state index in [0.717, 1.165) is 32.1 Å². The van der Waals surface area contributed by atoms with Crippen LogP contribution in [0.25, 0.3) is 16.7 Å². The van der Waals surface area contributed by atoms with Gasteiger partial charge in [-0.05, 0) is 42.7 Å². The number of amides is 1. The maximum atomic E-state index is 13.2. The lowest BCUT2D eigenvalue weighted by atomic mass is 9.95. The Morgan fingerprint density at radius 1 is 1.03 bits per heavy atom. The van der Waals surface area contributed by atoms with Crippen molar-refractivity contribution in [3.05, 3.63) is 111 Å². The van der Waals surface area contributed by atoms with E-state index < -0.39 is 17.7 Å². The van der Waals surface area contributed by atoms with E-state index >= 15 is 0 Å². The van der Waals surface area contributed by atoms with Crippen molar-refractivity contribution < 1.29 is 14.7 Å². The number of aromatic nitrogens is 1. The number of aliphatic hydroxyl groups is 1. The first-order chi connectivity index (χ1) is 16.4. The van der Waals surface area contributed by atoms with Crippen LogP contribution in [-0.2, 0) is 16.0 Å². The molecule has 5 nitrogen and oxygen atoms in total. The maximum Gasteiger partial charge on any atom is 0.295 e. The zero-order valence-electron chi connectivity index (χ0n) is 18.6. The third-order valence-electron chi connectivity index (χ3n) is 6.33. The number of carbonyl (C=O) groups is 2. The van der Waals surface area contributed by atoms with Gasteiger partial charge in [0, 0.05) is 33.7 Å². The molecule has 0 bridgehead atoms. The third-order valence-corrected chi connectivity index (χ3v) is 6.82.